The van der Waals surface area contributed by atoms with Crippen molar-refractivity contribution in [1.29, 1.82) is 0 Å². The average molecular weight is 1780 g/mol. The second-order valence-corrected chi connectivity index (χ2v) is 34.3. The van der Waals surface area contributed by atoms with Gasteiger partial charge in [-0.15, -0.1) is 0 Å². The minimum Gasteiger partial charge on any atom is -0.483 e. The van der Waals surface area contributed by atoms with E-state index in [1.165, 1.54) is 101 Å². The van der Waals surface area contributed by atoms with Crippen LogP contribution in [0.15, 0.2) is 158 Å². The van der Waals surface area contributed by atoms with E-state index in [0.29, 0.717) is 36.3 Å². The molecule has 18 rings (SSSR count). The average Bonchev–Trinajstić information content (AvgIpc) is 1.65. The number of para-hydroxylation sites is 2. The molecule has 6 fully saturated rings. The highest BCUT2D eigenvalue weighted by Crippen LogP contribution is 2.42. The third-order valence-electron chi connectivity index (χ3n) is 25.8. The van der Waals surface area contributed by atoms with E-state index in [1.807, 2.05) is 109 Å². The van der Waals surface area contributed by atoms with Crippen molar-refractivity contribution in [3.05, 3.63) is 181 Å². The molecule has 0 bridgehead atoms. The Morgan fingerprint density at radius 1 is 0.427 bits per heavy atom. The maximum atomic E-state index is 13.3. The molecule has 6 aliphatic heterocycles. The normalized spacial score (nSPS) is 20.3. The van der Waals surface area contributed by atoms with Gasteiger partial charge in [-0.05, 0) is 207 Å². The Morgan fingerprint density at radius 3 is 1.24 bits per heavy atom. The number of carboxylic acid groups (broad SMARTS) is 1. The number of aromatic nitrogens is 8. The van der Waals surface area contributed by atoms with Gasteiger partial charge < -0.3 is 56.4 Å². The van der Waals surface area contributed by atoms with Crippen molar-refractivity contribution in [2.24, 2.45) is 5.73 Å². The molecule has 10 aromatic rings. The fourth-order valence-electron chi connectivity index (χ4n) is 19.0. The van der Waals surface area contributed by atoms with Crippen LogP contribution in [-0.4, -0.2) is 249 Å². The van der Waals surface area contributed by atoms with Crippen LogP contribution in [0.2, 0.25) is 0 Å². The van der Waals surface area contributed by atoms with Crippen LogP contribution in [0.1, 0.15) is 182 Å². The number of hydrogen-bond acceptors (Lipinski definition) is 27. The van der Waals surface area contributed by atoms with Crippen LogP contribution in [0.4, 0.5) is 11.6 Å². The molecule has 4 aromatic heterocycles. The minimum absolute atomic E-state index is 0.0192. The Balaban J connectivity index is 0.000000161. The first-order valence-corrected chi connectivity index (χ1v) is 45.5. The summed E-state index contributed by atoms with van der Waals surface area (Å²) in [5.74, 6) is -2.51. The zero-order valence-electron chi connectivity index (χ0n) is 73.2. The molecule has 2 saturated carbocycles. The molecule has 684 valence electrons. The Morgan fingerprint density at radius 2 is 0.824 bits per heavy atom. The lowest BCUT2D eigenvalue weighted by atomic mass is 9.90. The number of nitrogens with zero attached hydrogens (tertiary/aromatic N) is 14. The van der Waals surface area contributed by atoms with Crippen LogP contribution in [0.25, 0.3) is 44.6 Å². The Labute approximate surface area is 757 Å². The maximum absolute atomic E-state index is 13.3. The fraction of sp³-hybridized carbons (Fsp3) is 0.417. The van der Waals surface area contributed by atoms with Crippen molar-refractivity contribution in [1.82, 2.24) is 84.8 Å². The summed E-state index contributed by atoms with van der Waals surface area (Å²) in [6.07, 6.45) is 21.1. The Hall–Kier alpha value is -13.5. The van der Waals surface area contributed by atoms with E-state index in [-0.39, 0.29) is 78.0 Å². The highest BCUT2D eigenvalue weighted by Gasteiger charge is 2.48. The number of carbonyl (C=O) groups is 10. The molecule has 2 unspecified atom stereocenters. The summed E-state index contributed by atoms with van der Waals surface area (Å²) in [5, 5.41) is 27.7. The molecule has 2 aliphatic carbocycles. The van der Waals surface area contributed by atoms with Gasteiger partial charge in [0, 0.05) is 95.0 Å². The van der Waals surface area contributed by atoms with Crippen molar-refractivity contribution < 1.29 is 72.0 Å². The predicted octanol–water partition coefficient (Wildman–Crippen LogP) is 10.2. The van der Waals surface area contributed by atoms with E-state index >= 15 is 0 Å². The van der Waals surface area contributed by atoms with Crippen LogP contribution in [-0.2, 0) is 28.8 Å². The predicted molar refractivity (Wildman–Crippen MR) is 486 cm³/mol. The molecular formula is C96H110N20O15. The van der Waals surface area contributed by atoms with Crippen molar-refractivity contribution in [2.75, 3.05) is 103 Å². The van der Waals surface area contributed by atoms with Crippen molar-refractivity contribution in [2.45, 2.75) is 165 Å². The van der Waals surface area contributed by atoms with Gasteiger partial charge in [0.15, 0.2) is 24.5 Å². The summed E-state index contributed by atoms with van der Waals surface area (Å²) in [6.45, 7) is 11.6. The van der Waals surface area contributed by atoms with E-state index < -0.39 is 71.9 Å². The molecule has 8 aliphatic rings. The SMILES string of the molecule is NCCCCCCN1CCN(C2CCC(n3nc(-c4ccc(Oc5ccccc5)cc4)c4c(N)ncnc43)CC2)CC1.Nc1ncnc2c1c(-c1ccc(Oc3ccccc3)cc1)nn2C1CCC(N2CCN(CCCCCCNC(=O)COc3cccc4c3C(=O)N(C3CCC(=O)NC3=O)C4=O)CC2)CC1.O=C(O)COc1cccc2c1C(=O)N(C1CCC(=O)NC1=O)C2=O. The third-order valence-corrected chi connectivity index (χ3v) is 25.8. The summed E-state index contributed by atoms with van der Waals surface area (Å²) in [4.78, 5) is 152. The van der Waals surface area contributed by atoms with Gasteiger partial charge >= 0.3 is 5.97 Å². The first kappa shape index (κ1) is 90.9. The number of rotatable bonds is 31. The largest absolute Gasteiger partial charge is 0.483 e. The molecule has 0 spiro atoms. The van der Waals surface area contributed by atoms with Gasteiger partial charge in [-0.2, -0.15) is 10.2 Å². The molecule has 2 atom stereocenters. The number of amides is 9. The van der Waals surface area contributed by atoms with Crippen molar-refractivity contribution in [3.63, 3.8) is 0 Å². The number of unbranched alkanes of at least 4 members (excludes halogenated alkanes) is 6. The lowest BCUT2D eigenvalue weighted by Crippen LogP contribution is -2.54. The van der Waals surface area contributed by atoms with Gasteiger partial charge in [0.1, 0.15) is 82.3 Å². The van der Waals surface area contributed by atoms with Crippen LogP contribution in [0.3, 0.4) is 0 Å². The van der Waals surface area contributed by atoms with Crippen LogP contribution in [0.5, 0.6) is 34.5 Å². The summed E-state index contributed by atoms with van der Waals surface area (Å²) in [6, 6.07) is 43.8. The number of nitrogens with one attached hydrogen (secondary N) is 3. The van der Waals surface area contributed by atoms with Crippen molar-refractivity contribution in [3.8, 4) is 57.0 Å². The molecule has 6 aromatic carbocycles. The highest BCUT2D eigenvalue weighted by molar-refractivity contribution is 6.25. The molecule has 9 amide bonds. The second-order valence-electron chi connectivity index (χ2n) is 34.3. The molecule has 131 heavy (non-hydrogen) atoms. The number of fused-ring (bicyclic) bond motifs is 4. The number of benzene rings is 6. The van der Waals surface area contributed by atoms with Crippen LogP contribution in [0, 0.1) is 0 Å². The lowest BCUT2D eigenvalue weighted by molar-refractivity contribution is -0.139. The van der Waals surface area contributed by atoms with Gasteiger partial charge in [0.2, 0.25) is 23.6 Å². The first-order valence-electron chi connectivity index (χ1n) is 45.5. The van der Waals surface area contributed by atoms with Gasteiger partial charge in [0.05, 0.1) is 45.1 Å². The number of nitrogen functional groups attached to an aromatic ring is 2. The van der Waals surface area contributed by atoms with E-state index in [9.17, 15) is 47.9 Å². The smallest absolute Gasteiger partial charge is 0.341 e. The zero-order chi connectivity index (χ0) is 91.0. The standard InChI is InChI=1S/C48H54N10O7.C33H44N8O.C15H12N2O7/c49-44-42-43(31-13-19-35(20-14-31)65-34-9-4-3-5-10-34)54-58(45(42)52-30-51-44)33-17-15-32(16-18-33)56-27-25-55(26-28-56)24-7-2-1-6-23-50-40(60)29-64-38-12-8-11-36-41(38)48(63)57(47(36)62)37-21-22-39(59)53-46(37)61;34-18-6-1-2-7-19-39-20-22-40(23-21-39)26-12-14-27(15-13-26)41-33-30(32(35)36-24-37-33)31(38-41)25-10-16-29(17-11-25)42-28-8-4-3-5-9-28;18-10-5-4-8(13(21)16-10)17-14(22)7-2-1-3-9(12(7)15(17)23)24-6-11(19)20/h3-5,8-14,19-20,30,32-33,37H,1-2,6-7,15-18,21-29H2,(H,50,60)(H2,49,51,52)(H,53,59,61);3-5,8-11,16-17,24,26-27H,1-2,6-7,12-15,18-23,34H2,(H2,35,36,37);1-3,8H,4-6H2,(H,19,20)(H,16,18,21). The molecule has 4 saturated heterocycles. The van der Waals surface area contributed by atoms with E-state index in [4.69, 9.17) is 51.5 Å². The summed E-state index contributed by atoms with van der Waals surface area (Å²) in [5.41, 5.74) is 23.7. The number of hydrogen-bond donors (Lipinski definition) is 7. The molecule has 10 heterocycles. The van der Waals surface area contributed by atoms with E-state index in [2.05, 4.69) is 64.8 Å². The Bertz CT molecular complexity index is 5790. The Kier molecular flexibility index (Phi) is 29.4. The van der Waals surface area contributed by atoms with Crippen molar-refractivity contribution >= 4 is 92.8 Å². The second kappa shape index (κ2) is 42.4. The number of ether oxygens (including phenoxy) is 4. The molecular weight excluding hydrogens is 1670 g/mol. The van der Waals surface area contributed by atoms with Crippen LogP contribution >= 0.6 is 0 Å². The quantitative estimate of drug-likeness (QED) is 0.0157. The van der Waals surface area contributed by atoms with Gasteiger partial charge in [-0.25, -0.2) is 34.1 Å². The topological polar surface area (TPSA) is 449 Å². The molecule has 35 nitrogen and oxygen atoms in total. The summed E-state index contributed by atoms with van der Waals surface area (Å²) in [7, 11) is 0. The summed E-state index contributed by atoms with van der Waals surface area (Å²) < 4.78 is 27.0. The first-order chi connectivity index (χ1) is 63.8. The van der Waals surface area contributed by atoms with Gasteiger partial charge in [-0.3, -0.25) is 73.4 Å². The molecule has 0 radical (unpaired) electrons. The molecule has 10 N–H and O–H groups in total. The monoisotopic (exact) mass is 1780 g/mol. The van der Waals surface area contributed by atoms with Gasteiger partial charge in [0.25, 0.3) is 29.5 Å². The highest BCUT2D eigenvalue weighted by atomic mass is 16.5. The van der Waals surface area contributed by atoms with Gasteiger partial charge in [-0.1, -0.05) is 74.2 Å². The lowest BCUT2D eigenvalue weighted by Gasteiger charge is -2.42. The van der Waals surface area contributed by atoms with Crippen LogP contribution < -0.4 is 52.1 Å². The minimum atomic E-state index is -1.23. The third kappa shape index (κ3) is 21.4. The van der Waals surface area contributed by atoms with E-state index in [1.54, 1.807) is 12.4 Å². The number of carboxylic acids is 1. The number of nitrogens with two attached hydrogens (primary N) is 3. The number of aliphatic carboxylic acids is 1. The number of anilines is 2. The summed E-state index contributed by atoms with van der Waals surface area (Å²) >= 11 is 0. The maximum Gasteiger partial charge on any atom is 0.341 e. The number of imide groups is 4. The molecule has 35 heteroatoms. The number of piperazine rings is 2. The van der Waals surface area contributed by atoms with E-state index in [0.717, 1.165) is 187 Å². The zero-order valence-corrected chi connectivity index (χ0v) is 73.2. The fourth-order valence-corrected chi connectivity index (χ4v) is 19.0. The number of piperidine rings is 2. The number of carbonyl (C=O) groups excluding carboxylic acids is 9.